The van der Waals surface area contributed by atoms with E-state index in [1.807, 2.05) is 11.0 Å². The second kappa shape index (κ2) is 6.83. The van der Waals surface area contributed by atoms with E-state index in [-0.39, 0.29) is 17.9 Å². The third-order valence-electron chi connectivity index (χ3n) is 4.23. The molecular weight excluding hydrogens is 304 g/mol. The molecule has 0 spiro atoms. The minimum absolute atomic E-state index is 0.169. The van der Waals surface area contributed by atoms with Gasteiger partial charge >= 0.3 is 0 Å². The molecule has 2 atom stereocenters. The Morgan fingerprint density at radius 1 is 1.48 bits per heavy atom. The van der Waals surface area contributed by atoms with Gasteiger partial charge in [0.2, 0.25) is 11.8 Å². The first-order chi connectivity index (χ1) is 10.2. The Kier molecular flexibility index (Phi) is 4.85. The monoisotopic (exact) mass is 324 g/mol. The number of piperidine rings is 2. The number of nitrogens with one attached hydrogen (secondary N) is 1. The van der Waals surface area contributed by atoms with Crippen LogP contribution in [0.2, 0.25) is 0 Å². The molecule has 0 radical (unpaired) electrons. The maximum absolute atomic E-state index is 12.3. The minimum Gasteiger partial charge on any atom is -0.353 e. The lowest BCUT2D eigenvalue weighted by Crippen LogP contribution is -2.55. The molecule has 2 amide bonds. The van der Waals surface area contributed by atoms with Crippen LogP contribution in [0, 0.1) is 5.92 Å². The molecule has 2 unspecified atom stereocenters. The van der Waals surface area contributed by atoms with Gasteiger partial charge in [-0.2, -0.15) is 0 Å². The Balaban J connectivity index is 1.44. The van der Waals surface area contributed by atoms with Crippen molar-refractivity contribution in [3.63, 3.8) is 0 Å². The van der Waals surface area contributed by atoms with Crippen LogP contribution in [-0.2, 0) is 15.3 Å². The quantitative estimate of drug-likeness (QED) is 0.923. The molecule has 4 nitrogen and oxygen atoms in total. The molecule has 1 aromatic heterocycles. The Labute approximate surface area is 133 Å². The lowest BCUT2D eigenvalue weighted by molar-refractivity contribution is -0.132. The molecule has 1 N–H and O–H groups in total. The van der Waals surface area contributed by atoms with Crippen molar-refractivity contribution in [2.75, 3.05) is 18.8 Å². The molecular formula is C15H20N2O2S2. The van der Waals surface area contributed by atoms with Gasteiger partial charge < -0.3 is 10.2 Å². The van der Waals surface area contributed by atoms with Crippen LogP contribution in [0.15, 0.2) is 17.5 Å². The maximum atomic E-state index is 12.3. The summed E-state index contributed by atoms with van der Waals surface area (Å²) in [5.74, 6) is 2.33. The summed E-state index contributed by atoms with van der Waals surface area (Å²) in [6.07, 6.45) is 2.43. The molecule has 2 aliphatic rings. The van der Waals surface area contributed by atoms with E-state index < -0.39 is 0 Å². The number of rotatable bonds is 4. The Morgan fingerprint density at radius 2 is 2.38 bits per heavy atom. The van der Waals surface area contributed by atoms with E-state index in [2.05, 4.69) is 16.8 Å². The highest BCUT2D eigenvalue weighted by Crippen LogP contribution is 2.26. The molecule has 3 rings (SSSR count). The minimum atomic E-state index is 0.169. The van der Waals surface area contributed by atoms with Crippen LogP contribution in [0.4, 0.5) is 0 Å². The highest BCUT2D eigenvalue weighted by Gasteiger charge is 2.35. The number of likely N-dealkylation sites (tertiary alicyclic amines) is 1. The summed E-state index contributed by atoms with van der Waals surface area (Å²) in [5.41, 5.74) is 0. The van der Waals surface area contributed by atoms with Crippen LogP contribution >= 0.6 is 23.1 Å². The predicted molar refractivity (Wildman–Crippen MR) is 86.3 cm³/mol. The number of hydrogen-bond donors (Lipinski definition) is 1. The molecule has 21 heavy (non-hydrogen) atoms. The average molecular weight is 324 g/mol. The smallest absolute Gasteiger partial charge is 0.232 e. The second-order valence-corrected chi connectivity index (χ2v) is 7.69. The van der Waals surface area contributed by atoms with Crippen molar-refractivity contribution in [2.24, 2.45) is 5.92 Å². The molecule has 114 valence electrons. The number of amides is 2. The number of carbonyl (C=O) groups excluding carboxylic acids is 2. The van der Waals surface area contributed by atoms with Gasteiger partial charge in [0.1, 0.15) is 0 Å². The number of carbonyl (C=O) groups is 2. The average Bonchev–Trinajstić information content (AvgIpc) is 3.00. The SMILES string of the molecule is O=C1CCC2CN(C(=O)CSCc3cccs3)CCC2N1. The van der Waals surface area contributed by atoms with Crippen LogP contribution in [0.3, 0.4) is 0 Å². The number of nitrogens with zero attached hydrogens (tertiary/aromatic N) is 1. The van der Waals surface area contributed by atoms with Gasteiger partial charge in [0, 0.05) is 36.2 Å². The van der Waals surface area contributed by atoms with E-state index in [1.54, 1.807) is 23.1 Å². The molecule has 2 fully saturated rings. The van der Waals surface area contributed by atoms with Crippen LogP contribution < -0.4 is 5.32 Å². The lowest BCUT2D eigenvalue weighted by Gasteiger charge is -2.41. The molecule has 2 saturated heterocycles. The fraction of sp³-hybridized carbons (Fsp3) is 0.600. The van der Waals surface area contributed by atoms with Crippen LogP contribution in [0.1, 0.15) is 24.1 Å². The summed E-state index contributed by atoms with van der Waals surface area (Å²) in [4.78, 5) is 27.0. The van der Waals surface area contributed by atoms with Gasteiger partial charge in [0.15, 0.2) is 0 Å². The van der Waals surface area contributed by atoms with Crippen LogP contribution in [0.25, 0.3) is 0 Å². The molecule has 3 heterocycles. The number of hydrogen-bond acceptors (Lipinski definition) is 4. The zero-order chi connectivity index (χ0) is 14.7. The van der Waals surface area contributed by atoms with Crippen molar-refractivity contribution in [3.05, 3.63) is 22.4 Å². The van der Waals surface area contributed by atoms with Crippen LogP contribution in [-0.4, -0.2) is 41.6 Å². The summed E-state index contributed by atoms with van der Waals surface area (Å²) in [6.45, 7) is 1.59. The van der Waals surface area contributed by atoms with E-state index in [4.69, 9.17) is 0 Å². The van der Waals surface area contributed by atoms with Crippen molar-refractivity contribution in [2.45, 2.75) is 31.1 Å². The fourth-order valence-electron chi connectivity index (χ4n) is 3.06. The zero-order valence-electron chi connectivity index (χ0n) is 11.9. The molecule has 0 aromatic carbocycles. The largest absolute Gasteiger partial charge is 0.353 e. The van der Waals surface area contributed by atoms with Gasteiger partial charge in [-0.05, 0) is 30.2 Å². The number of thiophene rings is 1. The van der Waals surface area contributed by atoms with Crippen molar-refractivity contribution < 1.29 is 9.59 Å². The Hall–Kier alpha value is -1.01. The van der Waals surface area contributed by atoms with E-state index in [9.17, 15) is 9.59 Å². The van der Waals surface area contributed by atoms with Gasteiger partial charge in [-0.1, -0.05) is 6.07 Å². The van der Waals surface area contributed by atoms with Crippen molar-refractivity contribution >= 4 is 34.9 Å². The Bertz CT molecular complexity index is 504. The first-order valence-electron chi connectivity index (χ1n) is 7.39. The summed E-state index contributed by atoms with van der Waals surface area (Å²) in [7, 11) is 0. The van der Waals surface area contributed by atoms with Crippen molar-refractivity contribution in [3.8, 4) is 0 Å². The topological polar surface area (TPSA) is 49.4 Å². The zero-order valence-corrected chi connectivity index (χ0v) is 13.5. The first kappa shape index (κ1) is 14.9. The molecule has 2 aliphatic heterocycles. The first-order valence-corrected chi connectivity index (χ1v) is 9.43. The van der Waals surface area contributed by atoms with Gasteiger partial charge in [-0.15, -0.1) is 23.1 Å². The number of thioether (sulfide) groups is 1. The third-order valence-corrected chi connectivity index (χ3v) is 6.25. The summed E-state index contributed by atoms with van der Waals surface area (Å²) in [5, 5.41) is 5.13. The van der Waals surface area contributed by atoms with Gasteiger partial charge in [-0.3, -0.25) is 9.59 Å². The summed E-state index contributed by atoms with van der Waals surface area (Å²) in [6, 6.07) is 4.44. The fourth-order valence-corrected chi connectivity index (χ4v) is 4.83. The van der Waals surface area contributed by atoms with Gasteiger partial charge in [-0.25, -0.2) is 0 Å². The third kappa shape index (κ3) is 3.80. The summed E-state index contributed by atoms with van der Waals surface area (Å²) >= 11 is 3.43. The molecule has 0 aliphatic carbocycles. The van der Waals surface area contributed by atoms with E-state index in [0.29, 0.717) is 18.1 Å². The predicted octanol–water partition coefficient (Wildman–Crippen LogP) is 2.11. The molecule has 6 heteroatoms. The standard InChI is InChI=1S/C15H20N2O2S2/c18-14-4-3-11-8-17(6-5-13(11)16-14)15(19)10-20-9-12-2-1-7-21-12/h1-2,7,11,13H,3-6,8-10H2,(H,16,18). The van der Waals surface area contributed by atoms with Gasteiger partial charge in [0.25, 0.3) is 0 Å². The van der Waals surface area contributed by atoms with Crippen molar-refractivity contribution in [1.29, 1.82) is 0 Å². The Morgan fingerprint density at radius 3 is 3.19 bits per heavy atom. The number of fused-ring (bicyclic) bond motifs is 1. The highest BCUT2D eigenvalue weighted by molar-refractivity contribution is 7.99. The van der Waals surface area contributed by atoms with Crippen LogP contribution in [0.5, 0.6) is 0 Å². The molecule has 0 bridgehead atoms. The lowest BCUT2D eigenvalue weighted by atomic mass is 9.85. The maximum Gasteiger partial charge on any atom is 0.232 e. The van der Waals surface area contributed by atoms with Crippen molar-refractivity contribution in [1.82, 2.24) is 10.2 Å². The molecule has 0 saturated carbocycles. The highest BCUT2D eigenvalue weighted by atomic mass is 32.2. The van der Waals surface area contributed by atoms with E-state index in [0.717, 1.165) is 31.7 Å². The van der Waals surface area contributed by atoms with E-state index in [1.165, 1.54) is 4.88 Å². The van der Waals surface area contributed by atoms with E-state index >= 15 is 0 Å². The summed E-state index contributed by atoms with van der Waals surface area (Å²) < 4.78 is 0. The second-order valence-electron chi connectivity index (χ2n) is 5.67. The molecule has 1 aromatic rings. The normalized spacial score (nSPS) is 25.3. The van der Waals surface area contributed by atoms with Gasteiger partial charge in [0.05, 0.1) is 5.75 Å².